The van der Waals surface area contributed by atoms with E-state index < -0.39 is 0 Å². The molecule has 0 N–H and O–H groups in total. The molecule has 0 saturated heterocycles. The van der Waals surface area contributed by atoms with Gasteiger partial charge in [-0.25, -0.2) is 4.39 Å². The number of hydrogen-bond donors (Lipinski definition) is 0. The summed E-state index contributed by atoms with van der Waals surface area (Å²) >= 11 is 1.26. The molecule has 0 radical (unpaired) electrons. The molecule has 1 amide bonds. The monoisotopic (exact) mass is 369 g/mol. The molecule has 8 heteroatoms. The van der Waals surface area contributed by atoms with Gasteiger partial charge in [0.1, 0.15) is 5.82 Å². The molecule has 1 aliphatic rings. The van der Waals surface area contributed by atoms with E-state index in [4.69, 9.17) is 0 Å². The first-order chi connectivity index (χ1) is 12.6. The third kappa shape index (κ3) is 3.08. The Morgan fingerprint density at radius 1 is 1.23 bits per heavy atom. The molecule has 0 saturated carbocycles. The second kappa shape index (κ2) is 6.87. The van der Waals surface area contributed by atoms with Crippen LogP contribution >= 0.6 is 11.8 Å². The normalized spacial score (nSPS) is 14.3. The summed E-state index contributed by atoms with van der Waals surface area (Å²) in [5.41, 5.74) is 2.67. The van der Waals surface area contributed by atoms with Gasteiger partial charge in [0.25, 0.3) is 0 Å². The highest BCUT2D eigenvalue weighted by molar-refractivity contribution is 8.00. The molecule has 132 valence electrons. The Bertz CT molecular complexity index is 960. The van der Waals surface area contributed by atoms with Gasteiger partial charge in [0.05, 0.1) is 10.9 Å². The van der Waals surface area contributed by atoms with Crippen LogP contribution in [0.3, 0.4) is 0 Å². The van der Waals surface area contributed by atoms with Crippen molar-refractivity contribution in [2.75, 3.05) is 11.4 Å². The molecule has 26 heavy (non-hydrogen) atoms. The molecule has 4 rings (SSSR count). The van der Waals surface area contributed by atoms with E-state index in [1.165, 1.54) is 34.1 Å². The number of carbonyl (C=O) groups excluding carboxylic acids is 1. The first-order valence-corrected chi connectivity index (χ1v) is 9.12. The van der Waals surface area contributed by atoms with Crippen LogP contribution < -0.4 is 4.90 Å². The first-order valence-electron chi connectivity index (χ1n) is 8.24. The third-order valence-corrected chi connectivity index (χ3v) is 5.30. The summed E-state index contributed by atoms with van der Waals surface area (Å²) < 4.78 is 14.9. The van der Waals surface area contributed by atoms with Gasteiger partial charge in [0.15, 0.2) is 0 Å². The van der Waals surface area contributed by atoms with Gasteiger partial charge in [0.2, 0.25) is 11.1 Å². The zero-order valence-electron chi connectivity index (χ0n) is 14.0. The van der Waals surface area contributed by atoms with E-state index in [1.807, 2.05) is 36.1 Å². The first kappa shape index (κ1) is 16.7. The molecule has 0 aliphatic carbocycles. The van der Waals surface area contributed by atoms with E-state index in [0.29, 0.717) is 17.4 Å². The van der Waals surface area contributed by atoms with Crippen LogP contribution in [0.5, 0.6) is 0 Å². The number of benzene rings is 2. The molecule has 0 fully saturated rings. The van der Waals surface area contributed by atoms with Gasteiger partial charge in [-0.2, -0.15) is 4.68 Å². The molecular formula is C18H16FN5OS. The Kier molecular flexibility index (Phi) is 4.42. The van der Waals surface area contributed by atoms with Crippen molar-refractivity contribution in [3.8, 4) is 5.69 Å². The fraction of sp³-hybridized carbons (Fsp3) is 0.222. The van der Waals surface area contributed by atoms with Crippen LogP contribution in [0, 0.1) is 5.82 Å². The van der Waals surface area contributed by atoms with Crippen molar-refractivity contribution in [3.05, 3.63) is 59.9 Å². The van der Waals surface area contributed by atoms with Crippen LogP contribution in [-0.4, -0.2) is 37.9 Å². The van der Waals surface area contributed by atoms with Crippen molar-refractivity contribution < 1.29 is 9.18 Å². The number of para-hydroxylation sites is 1. The lowest BCUT2D eigenvalue weighted by molar-refractivity contribution is -0.117. The Labute approximate surface area is 154 Å². The van der Waals surface area contributed by atoms with Crippen molar-refractivity contribution in [2.45, 2.75) is 23.8 Å². The molecular weight excluding hydrogens is 353 g/mol. The number of fused-ring (bicyclic) bond motifs is 1. The standard InChI is InChI=1S/C18H16FN5OS/c1-12(17(25)23-10-9-13-5-2-3-8-16(13)23)26-18-20-21-22-24(18)15-7-4-6-14(19)11-15/h2-8,11-12H,9-10H2,1H3/t12-/m0/s1. The minimum Gasteiger partial charge on any atom is -0.311 e. The Morgan fingerprint density at radius 2 is 2.08 bits per heavy atom. The highest BCUT2D eigenvalue weighted by atomic mass is 32.2. The van der Waals surface area contributed by atoms with Gasteiger partial charge < -0.3 is 4.90 Å². The van der Waals surface area contributed by atoms with E-state index in [9.17, 15) is 9.18 Å². The summed E-state index contributed by atoms with van der Waals surface area (Å²) in [5.74, 6) is -0.361. The van der Waals surface area contributed by atoms with Crippen molar-refractivity contribution >= 4 is 23.4 Å². The van der Waals surface area contributed by atoms with Gasteiger partial charge in [-0.1, -0.05) is 36.0 Å². The third-order valence-electron chi connectivity index (χ3n) is 4.28. The average Bonchev–Trinajstić information content (AvgIpc) is 3.28. The number of aromatic nitrogens is 4. The lowest BCUT2D eigenvalue weighted by Gasteiger charge is -2.21. The molecule has 3 aromatic rings. The summed E-state index contributed by atoms with van der Waals surface area (Å²) in [5, 5.41) is 11.6. The van der Waals surface area contributed by atoms with Gasteiger partial charge in [-0.15, -0.1) is 5.10 Å². The van der Waals surface area contributed by atoms with Gasteiger partial charge in [-0.3, -0.25) is 4.79 Å². The van der Waals surface area contributed by atoms with Crippen LogP contribution in [0.15, 0.2) is 53.7 Å². The van der Waals surface area contributed by atoms with Gasteiger partial charge in [0, 0.05) is 12.2 Å². The number of rotatable bonds is 4. The number of thioether (sulfide) groups is 1. The Morgan fingerprint density at radius 3 is 2.92 bits per heavy atom. The number of hydrogen-bond acceptors (Lipinski definition) is 5. The maximum atomic E-state index is 13.5. The van der Waals surface area contributed by atoms with Gasteiger partial charge in [-0.05, 0) is 53.6 Å². The Hall–Kier alpha value is -2.74. The predicted octanol–water partition coefficient (Wildman–Crippen LogP) is 2.87. The molecule has 0 spiro atoms. The molecule has 6 nitrogen and oxygen atoms in total. The number of anilines is 1. The fourth-order valence-corrected chi connectivity index (χ4v) is 3.89. The molecule has 1 aromatic heterocycles. The SMILES string of the molecule is C[C@H](Sc1nnnn1-c1cccc(F)c1)C(=O)N1CCc2ccccc21. The van der Waals surface area contributed by atoms with E-state index in [2.05, 4.69) is 15.5 Å². The minimum atomic E-state index is -0.375. The Balaban J connectivity index is 1.54. The number of tetrazole rings is 1. The largest absolute Gasteiger partial charge is 0.311 e. The number of amides is 1. The maximum absolute atomic E-state index is 13.5. The zero-order chi connectivity index (χ0) is 18.1. The van der Waals surface area contributed by atoms with Crippen LogP contribution in [0.1, 0.15) is 12.5 Å². The van der Waals surface area contributed by atoms with Crippen molar-refractivity contribution in [1.82, 2.24) is 20.2 Å². The maximum Gasteiger partial charge on any atom is 0.240 e. The van der Waals surface area contributed by atoms with Crippen molar-refractivity contribution in [1.29, 1.82) is 0 Å². The number of nitrogens with zero attached hydrogens (tertiary/aromatic N) is 5. The summed E-state index contributed by atoms with van der Waals surface area (Å²) in [6.07, 6.45) is 0.861. The van der Waals surface area contributed by atoms with Crippen LogP contribution in [-0.2, 0) is 11.2 Å². The second-order valence-corrected chi connectivity index (χ2v) is 7.29. The number of halogens is 1. The molecule has 1 aliphatic heterocycles. The quantitative estimate of drug-likeness (QED) is 0.662. The average molecular weight is 369 g/mol. The fourth-order valence-electron chi connectivity index (χ4n) is 3.02. The predicted molar refractivity (Wildman–Crippen MR) is 96.9 cm³/mol. The van der Waals surface area contributed by atoms with Crippen molar-refractivity contribution in [3.63, 3.8) is 0 Å². The number of carbonyl (C=O) groups is 1. The van der Waals surface area contributed by atoms with E-state index in [-0.39, 0.29) is 17.0 Å². The molecule has 2 heterocycles. The van der Waals surface area contributed by atoms with Crippen molar-refractivity contribution in [2.24, 2.45) is 0 Å². The summed E-state index contributed by atoms with van der Waals surface area (Å²) in [4.78, 5) is 14.7. The second-order valence-electron chi connectivity index (χ2n) is 5.98. The molecule has 0 bridgehead atoms. The smallest absolute Gasteiger partial charge is 0.240 e. The topological polar surface area (TPSA) is 63.9 Å². The van der Waals surface area contributed by atoms with Crippen LogP contribution in [0.4, 0.5) is 10.1 Å². The summed E-state index contributed by atoms with van der Waals surface area (Å²) in [7, 11) is 0. The van der Waals surface area contributed by atoms with E-state index >= 15 is 0 Å². The highest BCUT2D eigenvalue weighted by Crippen LogP contribution is 2.31. The van der Waals surface area contributed by atoms with Crippen LogP contribution in [0.25, 0.3) is 5.69 Å². The van der Waals surface area contributed by atoms with E-state index in [0.717, 1.165) is 12.1 Å². The van der Waals surface area contributed by atoms with Gasteiger partial charge >= 0.3 is 0 Å². The summed E-state index contributed by atoms with van der Waals surface area (Å²) in [6.45, 7) is 2.51. The lowest BCUT2D eigenvalue weighted by atomic mass is 10.2. The zero-order valence-corrected chi connectivity index (χ0v) is 14.9. The minimum absolute atomic E-state index is 0.00809. The molecule has 2 aromatic carbocycles. The molecule has 0 unspecified atom stereocenters. The summed E-state index contributed by atoms with van der Waals surface area (Å²) in [6, 6.07) is 14.0. The lowest BCUT2D eigenvalue weighted by Crippen LogP contribution is -2.35. The highest BCUT2D eigenvalue weighted by Gasteiger charge is 2.29. The van der Waals surface area contributed by atoms with E-state index in [1.54, 1.807) is 12.1 Å². The molecule has 1 atom stereocenters. The van der Waals surface area contributed by atoms with Crippen LogP contribution in [0.2, 0.25) is 0 Å².